The minimum absolute atomic E-state index is 0.182. The maximum absolute atomic E-state index is 11.1. The number of azo groups is 1. The highest BCUT2D eigenvalue weighted by atomic mass is 16.5. The molecule has 0 rings (SSSR count). The van der Waals surface area contributed by atoms with Crippen LogP contribution >= 0.6 is 0 Å². The van der Waals surface area contributed by atoms with E-state index in [1.165, 1.54) is 0 Å². The molecule has 0 saturated heterocycles. The smallest absolute Gasteiger partial charge is 0.308 e. The lowest BCUT2D eigenvalue weighted by atomic mass is 10.2. The van der Waals surface area contributed by atoms with Crippen LogP contribution in [0.15, 0.2) is 10.2 Å². The van der Waals surface area contributed by atoms with Crippen LogP contribution in [0.3, 0.4) is 0 Å². The van der Waals surface area contributed by atoms with Gasteiger partial charge in [0.2, 0.25) is 0 Å². The van der Waals surface area contributed by atoms with Crippen molar-refractivity contribution < 1.29 is 14.3 Å². The van der Waals surface area contributed by atoms with Gasteiger partial charge in [0.05, 0.1) is 19.1 Å². The fourth-order valence-electron chi connectivity index (χ4n) is 0.780. The van der Waals surface area contributed by atoms with Crippen molar-refractivity contribution in [2.24, 2.45) is 10.2 Å². The molecular formula is C10H20N2O3. The van der Waals surface area contributed by atoms with E-state index in [2.05, 4.69) is 10.2 Å². The van der Waals surface area contributed by atoms with E-state index in [0.717, 1.165) is 0 Å². The third-order valence-corrected chi connectivity index (χ3v) is 1.76. The number of hydrogen-bond donors (Lipinski definition) is 0. The van der Waals surface area contributed by atoms with Crippen LogP contribution in [0.25, 0.3) is 0 Å². The molecule has 15 heavy (non-hydrogen) atoms. The molecule has 0 N–H and O–H groups in total. The molecule has 88 valence electrons. The van der Waals surface area contributed by atoms with Crippen LogP contribution in [0.2, 0.25) is 0 Å². The van der Waals surface area contributed by atoms with Gasteiger partial charge in [0.25, 0.3) is 0 Å². The van der Waals surface area contributed by atoms with E-state index in [1.807, 2.05) is 6.92 Å². The van der Waals surface area contributed by atoms with Crippen molar-refractivity contribution >= 4 is 5.97 Å². The van der Waals surface area contributed by atoms with Crippen LogP contribution in [0.5, 0.6) is 0 Å². The Kier molecular flexibility index (Phi) is 6.08. The molecule has 0 aliphatic heterocycles. The van der Waals surface area contributed by atoms with E-state index in [4.69, 9.17) is 9.47 Å². The number of carbonyl (C=O) groups excluding carboxylic acids is 1. The quantitative estimate of drug-likeness (QED) is 0.505. The van der Waals surface area contributed by atoms with Crippen LogP contribution in [0, 0.1) is 0 Å². The maximum Gasteiger partial charge on any atom is 0.308 e. The van der Waals surface area contributed by atoms with Crippen LogP contribution in [0.1, 0.15) is 34.1 Å². The first-order valence-corrected chi connectivity index (χ1v) is 5.04. The summed E-state index contributed by atoms with van der Waals surface area (Å²) in [4.78, 5) is 11.1. The standard InChI is InChI=1S/C10H20N2O3/c1-6-15-9(13)7-8(2)11-12-10(3,4)14-5/h8H,6-7H2,1-5H3. The fraction of sp³-hybridized carbons (Fsp3) is 0.900. The second-order valence-electron chi connectivity index (χ2n) is 3.72. The van der Waals surface area contributed by atoms with E-state index in [-0.39, 0.29) is 18.4 Å². The van der Waals surface area contributed by atoms with Gasteiger partial charge in [-0.3, -0.25) is 4.79 Å². The van der Waals surface area contributed by atoms with Gasteiger partial charge in [-0.25, -0.2) is 0 Å². The second kappa shape index (κ2) is 6.50. The third-order valence-electron chi connectivity index (χ3n) is 1.76. The average molecular weight is 216 g/mol. The topological polar surface area (TPSA) is 60.2 Å². The van der Waals surface area contributed by atoms with Gasteiger partial charge in [0.1, 0.15) is 0 Å². The number of esters is 1. The molecule has 0 amide bonds. The summed E-state index contributed by atoms with van der Waals surface area (Å²) in [6.07, 6.45) is 0.247. The molecule has 1 atom stereocenters. The van der Waals surface area contributed by atoms with Gasteiger partial charge in [0.15, 0.2) is 5.72 Å². The summed E-state index contributed by atoms with van der Waals surface area (Å²) in [5, 5.41) is 7.97. The Hall–Kier alpha value is -0.970. The highest BCUT2D eigenvalue weighted by molar-refractivity contribution is 5.69. The van der Waals surface area contributed by atoms with Crippen molar-refractivity contribution in [2.75, 3.05) is 13.7 Å². The predicted molar refractivity (Wildman–Crippen MR) is 56.7 cm³/mol. The molecular weight excluding hydrogens is 196 g/mol. The number of carbonyl (C=O) groups is 1. The summed E-state index contributed by atoms with van der Waals surface area (Å²) >= 11 is 0. The largest absolute Gasteiger partial charge is 0.466 e. The maximum atomic E-state index is 11.1. The summed E-state index contributed by atoms with van der Waals surface area (Å²) in [7, 11) is 1.56. The van der Waals surface area contributed by atoms with Gasteiger partial charge in [0, 0.05) is 7.11 Å². The number of rotatable bonds is 6. The molecule has 0 fully saturated rings. The Morgan fingerprint density at radius 3 is 2.53 bits per heavy atom. The van der Waals surface area contributed by atoms with E-state index in [0.29, 0.717) is 6.61 Å². The molecule has 0 saturated carbocycles. The lowest BCUT2D eigenvalue weighted by Gasteiger charge is -2.16. The molecule has 0 heterocycles. The zero-order chi connectivity index (χ0) is 11.9. The normalized spacial score (nSPS) is 14.2. The lowest BCUT2D eigenvalue weighted by molar-refractivity contribution is -0.143. The Labute approximate surface area is 90.9 Å². The van der Waals surface area contributed by atoms with E-state index in [1.54, 1.807) is 27.9 Å². The molecule has 1 unspecified atom stereocenters. The minimum Gasteiger partial charge on any atom is -0.466 e. The number of methoxy groups -OCH3 is 1. The summed E-state index contributed by atoms with van der Waals surface area (Å²) in [6.45, 7) is 7.58. The van der Waals surface area contributed by atoms with Crippen molar-refractivity contribution in [3.8, 4) is 0 Å². The van der Waals surface area contributed by atoms with Gasteiger partial charge in [-0.2, -0.15) is 10.2 Å². The first kappa shape index (κ1) is 14.0. The van der Waals surface area contributed by atoms with Gasteiger partial charge >= 0.3 is 5.97 Å². The predicted octanol–water partition coefficient (Wildman–Crippen LogP) is 2.16. The Bertz CT molecular complexity index is 227. The molecule has 0 aliphatic rings. The average Bonchev–Trinajstić information content (AvgIpc) is 2.15. The molecule has 0 aromatic heterocycles. The first-order chi connectivity index (χ1) is 6.91. The number of hydrogen-bond acceptors (Lipinski definition) is 5. The SMILES string of the molecule is CCOC(=O)CC(C)N=NC(C)(C)OC. The lowest BCUT2D eigenvalue weighted by Crippen LogP contribution is -2.19. The third kappa shape index (κ3) is 7.02. The summed E-state index contributed by atoms with van der Waals surface area (Å²) in [6, 6.07) is -0.182. The molecule has 5 heteroatoms. The van der Waals surface area contributed by atoms with Crippen LogP contribution in [-0.2, 0) is 14.3 Å². The molecule has 0 aliphatic carbocycles. The van der Waals surface area contributed by atoms with Crippen molar-refractivity contribution in [1.29, 1.82) is 0 Å². The van der Waals surface area contributed by atoms with Gasteiger partial charge in [-0.05, 0) is 27.7 Å². The summed E-state index contributed by atoms with van der Waals surface area (Å²) in [5.41, 5.74) is -0.636. The Morgan fingerprint density at radius 2 is 2.07 bits per heavy atom. The first-order valence-electron chi connectivity index (χ1n) is 5.04. The highest BCUT2D eigenvalue weighted by Gasteiger charge is 2.15. The molecule has 0 aromatic rings. The molecule has 0 aromatic carbocycles. The molecule has 0 spiro atoms. The zero-order valence-corrected chi connectivity index (χ0v) is 10.1. The minimum atomic E-state index is -0.636. The number of nitrogens with zero attached hydrogens (tertiary/aromatic N) is 2. The van der Waals surface area contributed by atoms with Crippen LogP contribution in [0.4, 0.5) is 0 Å². The summed E-state index contributed by atoms with van der Waals surface area (Å²) < 4.78 is 9.86. The van der Waals surface area contributed by atoms with Gasteiger partial charge < -0.3 is 9.47 Å². The summed E-state index contributed by atoms with van der Waals surface area (Å²) in [5.74, 6) is -0.251. The van der Waals surface area contributed by atoms with E-state index >= 15 is 0 Å². The van der Waals surface area contributed by atoms with Crippen molar-refractivity contribution in [3.05, 3.63) is 0 Å². The van der Waals surface area contributed by atoms with Crippen LogP contribution < -0.4 is 0 Å². The van der Waals surface area contributed by atoms with E-state index in [9.17, 15) is 4.79 Å². The van der Waals surface area contributed by atoms with Gasteiger partial charge in [-0.15, -0.1) is 0 Å². The molecule has 5 nitrogen and oxygen atoms in total. The number of ether oxygens (including phenoxy) is 2. The molecule has 0 bridgehead atoms. The van der Waals surface area contributed by atoms with Crippen molar-refractivity contribution in [2.45, 2.75) is 45.9 Å². The van der Waals surface area contributed by atoms with Crippen molar-refractivity contribution in [1.82, 2.24) is 0 Å². The van der Waals surface area contributed by atoms with Crippen LogP contribution in [-0.4, -0.2) is 31.5 Å². The monoisotopic (exact) mass is 216 g/mol. The Morgan fingerprint density at radius 1 is 1.47 bits per heavy atom. The van der Waals surface area contributed by atoms with E-state index < -0.39 is 5.72 Å². The highest BCUT2D eigenvalue weighted by Crippen LogP contribution is 2.11. The van der Waals surface area contributed by atoms with Crippen molar-refractivity contribution in [3.63, 3.8) is 0 Å². The second-order valence-corrected chi connectivity index (χ2v) is 3.72. The fourth-order valence-corrected chi connectivity index (χ4v) is 0.780. The Balaban J connectivity index is 4.03. The molecule has 0 radical (unpaired) electrons. The van der Waals surface area contributed by atoms with Gasteiger partial charge in [-0.1, -0.05) is 0 Å². The zero-order valence-electron chi connectivity index (χ0n) is 10.1.